The zero-order chi connectivity index (χ0) is 22.8. The van der Waals surface area contributed by atoms with Crippen LogP contribution in [0.15, 0.2) is 69.3 Å². The summed E-state index contributed by atoms with van der Waals surface area (Å²) in [5.74, 6) is -0.139. The van der Waals surface area contributed by atoms with Crippen molar-refractivity contribution in [2.75, 3.05) is 0 Å². The van der Waals surface area contributed by atoms with Gasteiger partial charge in [0.15, 0.2) is 0 Å². The van der Waals surface area contributed by atoms with Gasteiger partial charge in [-0.15, -0.1) is 0 Å². The Labute approximate surface area is 189 Å². The van der Waals surface area contributed by atoms with Gasteiger partial charge in [-0.05, 0) is 92.7 Å². The summed E-state index contributed by atoms with van der Waals surface area (Å²) in [6.45, 7) is 14.8. The van der Waals surface area contributed by atoms with Gasteiger partial charge in [0.2, 0.25) is 0 Å². The summed E-state index contributed by atoms with van der Waals surface area (Å²) < 4.78 is 6.68. The van der Waals surface area contributed by atoms with E-state index < -0.39 is 10.3 Å². The lowest BCUT2D eigenvalue weighted by Crippen LogP contribution is -2.17. The summed E-state index contributed by atoms with van der Waals surface area (Å²) in [7, 11) is -2.26. The lowest BCUT2D eigenvalue weighted by atomic mass is 10.1. The maximum absolute atomic E-state index is 13.2. The lowest BCUT2D eigenvalue weighted by molar-refractivity contribution is -0.133. The quantitative estimate of drug-likeness (QED) is 0.392. The number of hydrogen-bond acceptors (Lipinski definition) is 2. The fourth-order valence-corrected chi connectivity index (χ4v) is 8.60. The van der Waals surface area contributed by atoms with Gasteiger partial charge in [0.05, 0.1) is 0 Å². The zero-order valence-corrected chi connectivity index (χ0v) is 20.7. The fraction of sp³-hybridized carbons (Fsp3) is 0.321. The van der Waals surface area contributed by atoms with E-state index in [0.717, 1.165) is 21.1 Å². The molecule has 0 aromatic heterocycles. The first kappa shape index (κ1) is 23.1. The number of rotatable bonds is 6. The molecule has 3 aromatic rings. The summed E-state index contributed by atoms with van der Waals surface area (Å²) in [5, 5.41) is 0. The Kier molecular flexibility index (Phi) is 6.96. The number of carbonyl (C=O) groups excluding carboxylic acids is 1. The van der Waals surface area contributed by atoms with Gasteiger partial charge in [0.25, 0.3) is 0 Å². The Bertz CT molecular complexity index is 996. The molecule has 0 unspecified atom stereocenters. The molecule has 2 nitrogen and oxygen atoms in total. The maximum Gasteiger partial charge on any atom is 0.317 e. The first-order chi connectivity index (χ1) is 14.7. The fourth-order valence-electron chi connectivity index (χ4n) is 4.71. The predicted octanol–water partition coefficient (Wildman–Crippen LogP) is 8.08. The Morgan fingerprint density at radius 3 is 1.55 bits per heavy atom. The van der Waals surface area contributed by atoms with Crippen LogP contribution in [0.3, 0.4) is 0 Å². The number of benzene rings is 3. The van der Waals surface area contributed by atoms with Gasteiger partial charge in [-0.2, -0.15) is 0 Å². The van der Waals surface area contributed by atoms with Crippen molar-refractivity contribution in [3.63, 3.8) is 0 Å². The van der Waals surface area contributed by atoms with Crippen molar-refractivity contribution in [2.45, 2.75) is 76.0 Å². The van der Waals surface area contributed by atoms with Crippen LogP contribution < -0.4 is 0 Å². The highest BCUT2D eigenvalue weighted by atomic mass is 32.3. The predicted molar refractivity (Wildman–Crippen MR) is 131 cm³/mol. The van der Waals surface area contributed by atoms with Crippen LogP contribution in [0, 0.1) is 41.5 Å². The Morgan fingerprint density at radius 2 is 1.16 bits per heavy atom. The molecule has 0 aliphatic heterocycles. The molecule has 3 rings (SSSR count). The minimum absolute atomic E-state index is 0.139. The molecule has 3 aromatic carbocycles. The van der Waals surface area contributed by atoms with Gasteiger partial charge in [0, 0.05) is 21.1 Å². The molecule has 0 fully saturated rings. The largest absolute Gasteiger partial charge is 0.402 e. The normalized spacial score (nSPS) is 12.0. The van der Waals surface area contributed by atoms with Crippen LogP contribution in [-0.2, 0) is 8.98 Å². The first-order valence-electron chi connectivity index (χ1n) is 11.0. The molecular formula is C28H34O2S. The third-order valence-electron chi connectivity index (χ3n) is 5.53. The van der Waals surface area contributed by atoms with Crippen LogP contribution in [0.4, 0.5) is 0 Å². The van der Waals surface area contributed by atoms with Crippen LogP contribution in [0.2, 0.25) is 0 Å². The molecule has 31 heavy (non-hydrogen) atoms. The minimum atomic E-state index is -2.26. The van der Waals surface area contributed by atoms with Gasteiger partial charge in [-0.25, -0.2) is 0 Å². The number of aryl methyl sites for hydroxylation is 6. The highest BCUT2D eigenvalue weighted by Gasteiger charge is 2.40. The van der Waals surface area contributed by atoms with Gasteiger partial charge < -0.3 is 4.18 Å². The number of hydrogen-bond donors (Lipinski definition) is 0. The van der Waals surface area contributed by atoms with E-state index in [0.29, 0.717) is 6.42 Å². The molecule has 0 bridgehead atoms. The van der Waals surface area contributed by atoms with Crippen molar-refractivity contribution >= 4 is 16.3 Å². The van der Waals surface area contributed by atoms with E-state index in [-0.39, 0.29) is 5.97 Å². The van der Waals surface area contributed by atoms with Crippen LogP contribution >= 0.6 is 10.3 Å². The summed E-state index contributed by atoms with van der Waals surface area (Å²) in [4.78, 5) is 16.5. The summed E-state index contributed by atoms with van der Waals surface area (Å²) >= 11 is 0. The van der Waals surface area contributed by atoms with Gasteiger partial charge in [-0.3, -0.25) is 4.79 Å². The average Bonchev–Trinajstić information content (AvgIpc) is 2.67. The standard InChI is InChI=1S/C28H34O2S/c1-8-12-26(29)30-31(25-13-10-9-11-14-25,27-21(4)15-19(2)16-22(27)5)28-23(6)17-20(3)18-24(28)7/h9-11,13-18H,8,12H2,1-7H3. The molecule has 0 N–H and O–H groups in total. The Hall–Kier alpha value is -2.52. The van der Waals surface area contributed by atoms with E-state index in [4.69, 9.17) is 4.18 Å². The van der Waals surface area contributed by atoms with Crippen LogP contribution in [-0.4, -0.2) is 5.97 Å². The van der Waals surface area contributed by atoms with E-state index in [9.17, 15) is 4.79 Å². The molecule has 0 aliphatic carbocycles. The van der Waals surface area contributed by atoms with Gasteiger partial charge >= 0.3 is 5.97 Å². The topological polar surface area (TPSA) is 26.3 Å². The molecular weight excluding hydrogens is 400 g/mol. The molecule has 0 saturated carbocycles. The molecule has 0 aliphatic rings. The van der Waals surface area contributed by atoms with Gasteiger partial charge in [-0.1, -0.05) is 60.5 Å². The molecule has 0 atom stereocenters. The highest BCUT2D eigenvalue weighted by molar-refractivity contribution is 8.30. The third-order valence-corrected chi connectivity index (χ3v) is 9.34. The smallest absolute Gasteiger partial charge is 0.317 e. The average molecular weight is 435 g/mol. The second-order valence-electron chi connectivity index (χ2n) is 8.53. The summed E-state index contributed by atoms with van der Waals surface area (Å²) in [6, 6.07) is 19.2. The van der Waals surface area contributed by atoms with E-state index in [1.54, 1.807) is 0 Å². The van der Waals surface area contributed by atoms with E-state index in [2.05, 4.69) is 77.9 Å². The van der Waals surface area contributed by atoms with Crippen LogP contribution in [0.5, 0.6) is 0 Å². The van der Waals surface area contributed by atoms with Crippen molar-refractivity contribution in [3.05, 3.63) is 88.0 Å². The SMILES string of the molecule is CCCC(=O)OS(c1ccccc1)(c1c(C)cc(C)cc1C)c1c(C)cc(C)cc1C. The number of carbonyl (C=O) groups is 1. The zero-order valence-electron chi connectivity index (χ0n) is 19.8. The minimum Gasteiger partial charge on any atom is -0.402 e. The molecule has 0 radical (unpaired) electrons. The Balaban J connectivity index is 2.52. The molecule has 0 heterocycles. The molecule has 3 heteroatoms. The van der Waals surface area contributed by atoms with Crippen LogP contribution in [0.25, 0.3) is 0 Å². The second-order valence-corrected chi connectivity index (χ2v) is 11.1. The summed E-state index contributed by atoms with van der Waals surface area (Å²) in [6.07, 6.45) is 1.18. The molecule has 0 saturated heterocycles. The first-order valence-corrected chi connectivity index (χ1v) is 12.5. The van der Waals surface area contributed by atoms with Crippen molar-refractivity contribution in [3.8, 4) is 0 Å². The van der Waals surface area contributed by atoms with Crippen LogP contribution in [0.1, 0.15) is 53.1 Å². The maximum atomic E-state index is 13.2. The van der Waals surface area contributed by atoms with Crippen molar-refractivity contribution in [2.24, 2.45) is 0 Å². The second kappa shape index (κ2) is 9.32. The van der Waals surface area contributed by atoms with Gasteiger partial charge in [0.1, 0.15) is 0 Å². The molecule has 0 amide bonds. The Morgan fingerprint density at radius 1 is 0.742 bits per heavy atom. The lowest BCUT2D eigenvalue weighted by Gasteiger charge is -2.43. The highest BCUT2D eigenvalue weighted by Crippen LogP contribution is 2.72. The summed E-state index contributed by atoms with van der Waals surface area (Å²) in [5.41, 5.74) is 7.11. The van der Waals surface area contributed by atoms with E-state index in [1.165, 1.54) is 33.4 Å². The molecule has 0 spiro atoms. The van der Waals surface area contributed by atoms with E-state index >= 15 is 0 Å². The van der Waals surface area contributed by atoms with Crippen molar-refractivity contribution < 1.29 is 8.98 Å². The van der Waals surface area contributed by atoms with E-state index in [1.807, 2.05) is 25.1 Å². The van der Waals surface area contributed by atoms with Crippen molar-refractivity contribution in [1.29, 1.82) is 0 Å². The third kappa shape index (κ3) is 4.43. The monoisotopic (exact) mass is 434 g/mol. The molecule has 164 valence electrons. The van der Waals surface area contributed by atoms with Crippen molar-refractivity contribution in [1.82, 2.24) is 0 Å².